The van der Waals surface area contributed by atoms with Gasteiger partial charge in [-0.25, -0.2) is 9.97 Å². The lowest BCUT2D eigenvalue weighted by Gasteiger charge is -2.31. The van der Waals surface area contributed by atoms with Crippen LogP contribution in [0.2, 0.25) is 0 Å². The van der Waals surface area contributed by atoms with Gasteiger partial charge in [-0.1, -0.05) is 30.3 Å². The molecule has 26 heavy (non-hydrogen) atoms. The summed E-state index contributed by atoms with van der Waals surface area (Å²) in [6.45, 7) is 5.16. The Kier molecular flexibility index (Phi) is 4.52. The van der Waals surface area contributed by atoms with E-state index in [0.29, 0.717) is 31.2 Å². The van der Waals surface area contributed by atoms with Crippen LogP contribution in [0.15, 0.2) is 30.3 Å². The summed E-state index contributed by atoms with van der Waals surface area (Å²) >= 11 is 1.54. The zero-order valence-corrected chi connectivity index (χ0v) is 15.4. The van der Waals surface area contributed by atoms with Crippen LogP contribution in [0.3, 0.4) is 0 Å². The van der Waals surface area contributed by atoms with Crippen molar-refractivity contribution in [1.82, 2.24) is 25.1 Å². The maximum atomic E-state index is 13.2. The van der Waals surface area contributed by atoms with Crippen LogP contribution in [0.4, 0.5) is 0 Å². The molecular weight excluding hydrogens is 350 g/mol. The molecule has 0 spiro atoms. The van der Waals surface area contributed by atoms with Crippen LogP contribution >= 0.6 is 11.3 Å². The largest absolute Gasteiger partial charge is 0.366 e. The molecule has 7 nitrogen and oxygen atoms in total. The van der Waals surface area contributed by atoms with E-state index in [1.807, 2.05) is 44.2 Å². The monoisotopic (exact) mass is 369 g/mol. The highest BCUT2D eigenvalue weighted by Crippen LogP contribution is 2.31. The fourth-order valence-electron chi connectivity index (χ4n) is 3.00. The number of aromatic nitrogens is 4. The summed E-state index contributed by atoms with van der Waals surface area (Å²) in [5.41, 5.74) is 1.52. The Labute approximate surface area is 155 Å². The molecule has 3 heterocycles. The SMILES string of the molecule is Cc1nc(C2CN(C(=O)c3nc(C)sc3-c3ccccc3)CCO2)n[nH]1. The van der Waals surface area contributed by atoms with Crippen molar-refractivity contribution in [2.75, 3.05) is 19.7 Å². The van der Waals surface area contributed by atoms with E-state index in [4.69, 9.17) is 4.74 Å². The Hall–Kier alpha value is -2.58. The zero-order valence-electron chi connectivity index (χ0n) is 14.6. The molecule has 1 saturated heterocycles. The Morgan fingerprint density at radius 1 is 1.27 bits per heavy atom. The number of H-pyrrole nitrogens is 1. The number of morpholine rings is 1. The van der Waals surface area contributed by atoms with Crippen LogP contribution < -0.4 is 0 Å². The number of rotatable bonds is 3. The predicted molar refractivity (Wildman–Crippen MR) is 98.0 cm³/mol. The lowest BCUT2D eigenvalue weighted by atomic mass is 10.1. The van der Waals surface area contributed by atoms with E-state index in [9.17, 15) is 4.79 Å². The fraction of sp³-hybridized carbons (Fsp3) is 0.333. The second kappa shape index (κ2) is 6.97. The molecule has 1 aromatic carbocycles. The van der Waals surface area contributed by atoms with E-state index in [0.717, 1.165) is 21.3 Å². The summed E-state index contributed by atoms with van der Waals surface area (Å²) in [5, 5.41) is 7.86. The highest BCUT2D eigenvalue weighted by Gasteiger charge is 2.31. The van der Waals surface area contributed by atoms with Crippen LogP contribution in [-0.4, -0.2) is 50.7 Å². The molecule has 134 valence electrons. The van der Waals surface area contributed by atoms with Crippen LogP contribution in [0.25, 0.3) is 10.4 Å². The topological polar surface area (TPSA) is 84.0 Å². The number of aryl methyl sites for hydroxylation is 2. The Morgan fingerprint density at radius 3 is 2.81 bits per heavy atom. The summed E-state index contributed by atoms with van der Waals surface area (Å²) in [6, 6.07) is 9.90. The van der Waals surface area contributed by atoms with E-state index in [1.54, 1.807) is 16.2 Å². The number of carbonyl (C=O) groups is 1. The standard InChI is InChI=1S/C18H19N5O2S/c1-11-19-17(22-21-11)14-10-23(8-9-25-14)18(24)15-16(26-12(2)20-15)13-6-4-3-5-7-13/h3-7,14H,8-10H2,1-2H3,(H,19,21,22). The molecule has 2 aromatic heterocycles. The maximum Gasteiger partial charge on any atom is 0.274 e. The molecule has 0 aliphatic carbocycles. The number of hydrogen-bond acceptors (Lipinski definition) is 6. The van der Waals surface area contributed by atoms with E-state index in [1.165, 1.54) is 0 Å². The van der Waals surface area contributed by atoms with Gasteiger partial charge >= 0.3 is 0 Å². The van der Waals surface area contributed by atoms with Gasteiger partial charge in [0.05, 0.1) is 23.0 Å². The predicted octanol–water partition coefficient (Wildman–Crippen LogP) is 2.76. The summed E-state index contributed by atoms with van der Waals surface area (Å²) in [4.78, 5) is 24.7. The molecule has 1 aliphatic heterocycles. The van der Waals surface area contributed by atoms with Crippen molar-refractivity contribution in [1.29, 1.82) is 0 Å². The first-order chi connectivity index (χ1) is 12.6. The number of carbonyl (C=O) groups excluding carboxylic acids is 1. The second-order valence-electron chi connectivity index (χ2n) is 6.17. The Balaban J connectivity index is 1.60. The smallest absolute Gasteiger partial charge is 0.274 e. The van der Waals surface area contributed by atoms with Crippen molar-refractivity contribution in [3.8, 4) is 10.4 Å². The van der Waals surface area contributed by atoms with Crippen LogP contribution in [0.1, 0.15) is 33.2 Å². The van der Waals surface area contributed by atoms with Gasteiger partial charge < -0.3 is 9.64 Å². The van der Waals surface area contributed by atoms with Crippen LogP contribution in [0, 0.1) is 13.8 Å². The van der Waals surface area contributed by atoms with Crippen LogP contribution in [-0.2, 0) is 4.74 Å². The number of benzene rings is 1. The van der Waals surface area contributed by atoms with Crippen molar-refractivity contribution >= 4 is 17.2 Å². The van der Waals surface area contributed by atoms with Gasteiger partial charge in [0, 0.05) is 6.54 Å². The first kappa shape index (κ1) is 16.9. The lowest BCUT2D eigenvalue weighted by Crippen LogP contribution is -2.42. The van der Waals surface area contributed by atoms with Gasteiger partial charge in [0.15, 0.2) is 5.82 Å². The van der Waals surface area contributed by atoms with Crippen molar-refractivity contribution in [3.63, 3.8) is 0 Å². The molecule has 1 aliphatic rings. The summed E-state index contributed by atoms with van der Waals surface area (Å²) in [5.74, 6) is 1.24. The fourth-order valence-corrected chi connectivity index (χ4v) is 3.92. The zero-order chi connectivity index (χ0) is 18.1. The molecule has 4 rings (SSSR count). The number of thiazole rings is 1. The van der Waals surface area contributed by atoms with Gasteiger partial charge in [-0.15, -0.1) is 11.3 Å². The third-order valence-electron chi connectivity index (χ3n) is 4.23. The van der Waals surface area contributed by atoms with Gasteiger partial charge in [-0.2, -0.15) is 5.10 Å². The number of hydrogen-bond donors (Lipinski definition) is 1. The third kappa shape index (κ3) is 3.25. The maximum absolute atomic E-state index is 13.2. The minimum Gasteiger partial charge on any atom is -0.366 e. The molecule has 1 fully saturated rings. The van der Waals surface area contributed by atoms with Crippen molar-refractivity contribution in [3.05, 3.63) is 52.7 Å². The van der Waals surface area contributed by atoms with Crippen molar-refractivity contribution in [2.45, 2.75) is 20.0 Å². The van der Waals surface area contributed by atoms with Gasteiger partial charge in [-0.05, 0) is 19.4 Å². The first-order valence-corrected chi connectivity index (χ1v) is 9.26. The second-order valence-corrected chi connectivity index (χ2v) is 7.37. The highest BCUT2D eigenvalue weighted by molar-refractivity contribution is 7.15. The molecule has 1 unspecified atom stereocenters. The average Bonchev–Trinajstić information content (AvgIpc) is 3.28. The molecule has 0 bridgehead atoms. The molecule has 3 aromatic rings. The minimum absolute atomic E-state index is 0.0752. The van der Waals surface area contributed by atoms with E-state index < -0.39 is 0 Å². The van der Waals surface area contributed by atoms with Gasteiger partial charge in [-0.3, -0.25) is 9.89 Å². The van der Waals surface area contributed by atoms with Gasteiger partial charge in [0.1, 0.15) is 17.6 Å². The normalized spacial score (nSPS) is 17.5. The molecule has 1 amide bonds. The van der Waals surface area contributed by atoms with Gasteiger partial charge in [0.25, 0.3) is 5.91 Å². The highest BCUT2D eigenvalue weighted by atomic mass is 32.1. The number of ether oxygens (including phenoxy) is 1. The van der Waals surface area contributed by atoms with E-state index >= 15 is 0 Å². The third-order valence-corrected chi connectivity index (χ3v) is 5.25. The summed E-state index contributed by atoms with van der Waals surface area (Å²) in [7, 11) is 0. The Bertz CT molecular complexity index is 921. The summed E-state index contributed by atoms with van der Waals surface area (Å²) in [6.07, 6.45) is -0.322. The van der Waals surface area contributed by atoms with Crippen molar-refractivity contribution < 1.29 is 9.53 Å². The number of aromatic amines is 1. The van der Waals surface area contributed by atoms with Crippen molar-refractivity contribution in [2.24, 2.45) is 0 Å². The molecule has 0 radical (unpaired) electrons. The molecule has 1 atom stereocenters. The molecule has 1 N–H and O–H groups in total. The number of amides is 1. The number of nitrogens with one attached hydrogen (secondary N) is 1. The lowest BCUT2D eigenvalue weighted by molar-refractivity contribution is -0.0268. The summed E-state index contributed by atoms with van der Waals surface area (Å²) < 4.78 is 5.76. The number of nitrogens with zero attached hydrogens (tertiary/aromatic N) is 4. The van der Waals surface area contributed by atoms with Crippen LogP contribution in [0.5, 0.6) is 0 Å². The quantitative estimate of drug-likeness (QED) is 0.767. The average molecular weight is 369 g/mol. The Morgan fingerprint density at radius 2 is 2.08 bits per heavy atom. The van der Waals surface area contributed by atoms with E-state index in [-0.39, 0.29) is 12.0 Å². The molecule has 8 heteroatoms. The molecule has 0 saturated carbocycles. The van der Waals surface area contributed by atoms with Gasteiger partial charge in [0.2, 0.25) is 0 Å². The first-order valence-electron chi connectivity index (χ1n) is 8.44. The minimum atomic E-state index is -0.322. The molecular formula is C18H19N5O2S. The van der Waals surface area contributed by atoms with E-state index in [2.05, 4.69) is 20.2 Å².